The fourth-order valence-electron chi connectivity index (χ4n) is 4.15. The number of carbonyl (C=O) groups excluding carboxylic acids is 1. The van der Waals surface area contributed by atoms with E-state index in [0.29, 0.717) is 34.0 Å². The van der Waals surface area contributed by atoms with Gasteiger partial charge >= 0.3 is 0 Å². The molecule has 1 aliphatic carbocycles. The summed E-state index contributed by atoms with van der Waals surface area (Å²) >= 11 is 1.26. The molecule has 0 saturated heterocycles. The molecule has 0 bridgehead atoms. The van der Waals surface area contributed by atoms with Gasteiger partial charge in [0.25, 0.3) is 5.56 Å². The number of hydrogen-bond acceptors (Lipinski definition) is 5. The molecule has 0 atom stereocenters. The number of para-hydroxylation sites is 1. The van der Waals surface area contributed by atoms with Crippen molar-refractivity contribution in [1.29, 1.82) is 0 Å². The third kappa shape index (κ3) is 4.43. The molecule has 6 nitrogen and oxygen atoms in total. The van der Waals surface area contributed by atoms with Crippen molar-refractivity contribution in [1.82, 2.24) is 14.9 Å². The standard InChI is InChI=1S/C27H25N3O3S/c1-33-21-11-7-10-20(16-21)30-25(32)22-12-5-6-13-23(22)29-26(30)34-17-24(31)28-18-27(14-15-27)19-8-3-2-4-9-19/h2-13,16H,14-15,17-18H2,1H3,(H,28,31). The molecule has 0 aliphatic heterocycles. The zero-order chi connectivity index (χ0) is 23.5. The van der Waals surface area contributed by atoms with Crippen molar-refractivity contribution in [3.8, 4) is 11.4 Å². The third-order valence-corrected chi connectivity index (χ3v) is 7.19. The van der Waals surface area contributed by atoms with Crippen molar-refractivity contribution in [3.63, 3.8) is 0 Å². The zero-order valence-corrected chi connectivity index (χ0v) is 19.7. The number of nitrogens with one attached hydrogen (secondary N) is 1. The predicted molar refractivity (Wildman–Crippen MR) is 135 cm³/mol. The van der Waals surface area contributed by atoms with E-state index in [1.165, 1.54) is 17.3 Å². The van der Waals surface area contributed by atoms with E-state index in [4.69, 9.17) is 9.72 Å². The second-order valence-corrected chi connectivity index (χ2v) is 9.41. The summed E-state index contributed by atoms with van der Waals surface area (Å²) in [7, 11) is 1.59. The Kier molecular flexibility index (Phi) is 6.11. The summed E-state index contributed by atoms with van der Waals surface area (Å²) < 4.78 is 6.89. The van der Waals surface area contributed by atoms with Crippen LogP contribution in [0.25, 0.3) is 16.6 Å². The Balaban J connectivity index is 1.38. The smallest absolute Gasteiger partial charge is 0.266 e. The molecule has 172 valence electrons. The lowest BCUT2D eigenvalue weighted by Gasteiger charge is -2.17. The summed E-state index contributed by atoms with van der Waals surface area (Å²) in [4.78, 5) is 30.9. The number of aromatic nitrogens is 2. The minimum absolute atomic E-state index is 0.0471. The number of ether oxygens (including phenoxy) is 1. The number of nitrogens with zero attached hydrogens (tertiary/aromatic N) is 2. The maximum atomic E-state index is 13.4. The second kappa shape index (κ2) is 9.35. The van der Waals surface area contributed by atoms with E-state index in [0.717, 1.165) is 12.8 Å². The number of thioether (sulfide) groups is 1. The topological polar surface area (TPSA) is 73.2 Å². The maximum absolute atomic E-state index is 13.4. The number of hydrogen-bond donors (Lipinski definition) is 1. The molecule has 1 heterocycles. The highest BCUT2D eigenvalue weighted by molar-refractivity contribution is 7.99. The highest BCUT2D eigenvalue weighted by Gasteiger charge is 2.44. The van der Waals surface area contributed by atoms with Crippen LogP contribution in [0.2, 0.25) is 0 Å². The SMILES string of the molecule is COc1cccc(-n2c(SCC(=O)NCC3(c4ccccc4)CC3)nc3ccccc3c2=O)c1. The Morgan fingerprint density at radius 2 is 1.82 bits per heavy atom. The minimum atomic E-state index is -0.178. The van der Waals surface area contributed by atoms with Gasteiger partial charge in [0, 0.05) is 18.0 Å². The Morgan fingerprint density at radius 3 is 2.59 bits per heavy atom. The van der Waals surface area contributed by atoms with E-state index in [1.54, 1.807) is 23.8 Å². The third-order valence-electron chi connectivity index (χ3n) is 6.25. The molecule has 3 aromatic carbocycles. The van der Waals surface area contributed by atoms with Crippen molar-refractivity contribution in [2.75, 3.05) is 19.4 Å². The molecule has 1 fully saturated rings. The van der Waals surface area contributed by atoms with Crippen LogP contribution < -0.4 is 15.6 Å². The molecular weight excluding hydrogens is 446 g/mol. The molecule has 7 heteroatoms. The summed E-state index contributed by atoms with van der Waals surface area (Å²) in [5, 5.41) is 4.08. The number of amides is 1. The van der Waals surface area contributed by atoms with E-state index in [2.05, 4.69) is 17.4 Å². The van der Waals surface area contributed by atoms with Crippen LogP contribution >= 0.6 is 11.8 Å². The van der Waals surface area contributed by atoms with Crippen LogP contribution in [0.3, 0.4) is 0 Å². The van der Waals surface area contributed by atoms with Gasteiger partial charge in [0.2, 0.25) is 5.91 Å². The van der Waals surface area contributed by atoms with E-state index in [1.807, 2.05) is 54.6 Å². The van der Waals surface area contributed by atoms with E-state index >= 15 is 0 Å². The molecule has 1 amide bonds. The quantitative estimate of drug-likeness (QED) is 0.306. The van der Waals surface area contributed by atoms with Gasteiger partial charge < -0.3 is 10.1 Å². The van der Waals surface area contributed by atoms with Gasteiger partial charge in [-0.15, -0.1) is 0 Å². The lowest BCUT2D eigenvalue weighted by Crippen LogP contribution is -2.33. The van der Waals surface area contributed by atoms with Gasteiger partial charge in [-0.2, -0.15) is 0 Å². The van der Waals surface area contributed by atoms with Gasteiger partial charge in [-0.05, 0) is 42.7 Å². The summed E-state index contributed by atoms with van der Waals surface area (Å²) in [6.07, 6.45) is 2.15. The summed E-state index contributed by atoms with van der Waals surface area (Å²) in [6, 6.07) is 24.9. The highest BCUT2D eigenvalue weighted by Crippen LogP contribution is 2.47. The molecule has 1 aliphatic rings. The fraction of sp³-hybridized carbons (Fsp3) is 0.222. The summed E-state index contributed by atoms with van der Waals surface area (Å²) in [6.45, 7) is 0.615. The predicted octanol–water partition coefficient (Wildman–Crippen LogP) is 4.33. The van der Waals surface area contributed by atoms with Gasteiger partial charge in [0.15, 0.2) is 5.16 Å². The number of benzene rings is 3. The Morgan fingerprint density at radius 1 is 1.06 bits per heavy atom. The first-order chi connectivity index (χ1) is 16.6. The van der Waals surface area contributed by atoms with Gasteiger partial charge in [0.1, 0.15) is 5.75 Å². The minimum Gasteiger partial charge on any atom is -0.497 e. The first kappa shape index (κ1) is 22.2. The van der Waals surface area contributed by atoms with Crippen LogP contribution in [-0.2, 0) is 10.2 Å². The van der Waals surface area contributed by atoms with Gasteiger partial charge in [-0.1, -0.05) is 60.3 Å². The second-order valence-electron chi connectivity index (χ2n) is 8.47. The van der Waals surface area contributed by atoms with E-state index < -0.39 is 0 Å². The number of carbonyl (C=O) groups is 1. The molecule has 1 saturated carbocycles. The fourth-order valence-corrected chi connectivity index (χ4v) is 4.99. The van der Waals surface area contributed by atoms with Crippen molar-refractivity contribution < 1.29 is 9.53 Å². The molecule has 0 radical (unpaired) electrons. The van der Waals surface area contributed by atoms with Crippen LogP contribution in [0, 0.1) is 0 Å². The summed E-state index contributed by atoms with van der Waals surface area (Å²) in [5.74, 6) is 0.730. The largest absolute Gasteiger partial charge is 0.497 e. The monoisotopic (exact) mass is 471 g/mol. The van der Waals surface area contributed by atoms with E-state index in [9.17, 15) is 9.59 Å². The molecule has 34 heavy (non-hydrogen) atoms. The first-order valence-electron chi connectivity index (χ1n) is 11.2. The lowest BCUT2D eigenvalue weighted by atomic mass is 9.96. The van der Waals surface area contributed by atoms with Crippen molar-refractivity contribution in [2.24, 2.45) is 0 Å². The number of methoxy groups -OCH3 is 1. The van der Waals surface area contributed by atoms with Gasteiger partial charge in [0.05, 0.1) is 29.5 Å². The van der Waals surface area contributed by atoms with Crippen LogP contribution in [0.1, 0.15) is 18.4 Å². The van der Waals surface area contributed by atoms with Crippen molar-refractivity contribution >= 4 is 28.6 Å². The molecule has 5 rings (SSSR count). The average Bonchev–Trinajstić information content (AvgIpc) is 3.68. The van der Waals surface area contributed by atoms with Crippen molar-refractivity contribution in [2.45, 2.75) is 23.4 Å². The molecule has 1 N–H and O–H groups in total. The molecule has 1 aromatic heterocycles. The average molecular weight is 472 g/mol. The Hall–Kier alpha value is -3.58. The van der Waals surface area contributed by atoms with Crippen LogP contribution in [0.5, 0.6) is 5.75 Å². The van der Waals surface area contributed by atoms with Gasteiger partial charge in [-0.25, -0.2) is 4.98 Å². The molecule has 0 spiro atoms. The Bertz CT molecular complexity index is 1400. The summed E-state index contributed by atoms with van der Waals surface area (Å²) in [5.41, 5.74) is 2.39. The van der Waals surface area contributed by atoms with Crippen LogP contribution in [0.15, 0.2) is 88.8 Å². The molecule has 0 unspecified atom stereocenters. The number of fused-ring (bicyclic) bond motifs is 1. The number of rotatable bonds is 8. The van der Waals surface area contributed by atoms with Crippen LogP contribution in [-0.4, -0.2) is 34.9 Å². The van der Waals surface area contributed by atoms with Crippen molar-refractivity contribution in [3.05, 3.63) is 94.8 Å². The first-order valence-corrected chi connectivity index (χ1v) is 12.2. The molecular formula is C27H25N3O3S. The lowest BCUT2D eigenvalue weighted by molar-refractivity contribution is -0.118. The highest BCUT2D eigenvalue weighted by atomic mass is 32.2. The van der Waals surface area contributed by atoms with E-state index in [-0.39, 0.29) is 22.6 Å². The van der Waals surface area contributed by atoms with Gasteiger partial charge in [-0.3, -0.25) is 14.2 Å². The maximum Gasteiger partial charge on any atom is 0.266 e. The van der Waals surface area contributed by atoms with Crippen LogP contribution in [0.4, 0.5) is 0 Å². The zero-order valence-electron chi connectivity index (χ0n) is 18.9. The molecule has 4 aromatic rings. The Labute approximate surface area is 202 Å². The normalized spacial score (nSPS) is 14.0.